The van der Waals surface area contributed by atoms with Gasteiger partial charge >= 0.3 is 6.18 Å². The van der Waals surface area contributed by atoms with Crippen LogP contribution < -0.4 is 5.32 Å². The highest BCUT2D eigenvalue weighted by Crippen LogP contribution is 2.38. The number of pyridine rings is 1. The minimum Gasteiger partial charge on any atom is -0.339 e. The summed E-state index contributed by atoms with van der Waals surface area (Å²) >= 11 is 3.26. The van der Waals surface area contributed by atoms with E-state index in [4.69, 9.17) is 0 Å². The predicted octanol–water partition coefficient (Wildman–Crippen LogP) is 4.32. The van der Waals surface area contributed by atoms with Crippen LogP contribution in [0.3, 0.4) is 0 Å². The van der Waals surface area contributed by atoms with Gasteiger partial charge in [0.15, 0.2) is 9.84 Å². The van der Waals surface area contributed by atoms with E-state index in [9.17, 15) is 21.6 Å². The lowest BCUT2D eigenvalue weighted by atomic mass is 10.1. The highest BCUT2D eigenvalue weighted by Gasteiger charge is 2.35. The molecule has 2 aromatic rings. The Hall–Kier alpha value is -1.61. The van der Waals surface area contributed by atoms with Gasteiger partial charge in [-0.2, -0.15) is 13.2 Å². The quantitative estimate of drug-likeness (QED) is 0.821. The molecule has 0 fully saturated rings. The smallest absolute Gasteiger partial charge is 0.339 e. The molecule has 124 valence electrons. The summed E-state index contributed by atoms with van der Waals surface area (Å²) < 4.78 is 63.2. The molecule has 0 atom stereocenters. The summed E-state index contributed by atoms with van der Waals surface area (Å²) in [5, 5.41) is 2.59. The van der Waals surface area contributed by atoms with Crippen LogP contribution in [0.1, 0.15) is 11.1 Å². The van der Waals surface area contributed by atoms with Crippen LogP contribution in [0.2, 0.25) is 0 Å². The van der Waals surface area contributed by atoms with Crippen LogP contribution in [-0.4, -0.2) is 19.7 Å². The minimum absolute atomic E-state index is 0.211. The zero-order chi connectivity index (χ0) is 17.4. The summed E-state index contributed by atoms with van der Waals surface area (Å²) in [5.41, 5.74) is -0.553. The highest BCUT2D eigenvalue weighted by atomic mass is 79.9. The Bertz CT molecular complexity index is 852. The summed E-state index contributed by atoms with van der Waals surface area (Å²) in [7, 11) is -3.74. The van der Waals surface area contributed by atoms with Crippen molar-refractivity contribution < 1.29 is 21.6 Å². The number of hydrogen-bond acceptors (Lipinski definition) is 4. The molecule has 1 N–H and O–H groups in total. The third kappa shape index (κ3) is 4.03. The fraction of sp³-hybridized carbons (Fsp3) is 0.214. The van der Waals surface area contributed by atoms with Crippen molar-refractivity contribution in [1.29, 1.82) is 0 Å². The molecule has 0 amide bonds. The van der Waals surface area contributed by atoms with E-state index in [1.807, 2.05) is 0 Å². The number of anilines is 2. The number of rotatable bonds is 3. The lowest BCUT2D eigenvalue weighted by Crippen LogP contribution is -2.11. The Morgan fingerprint density at radius 1 is 1.22 bits per heavy atom. The van der Waals surface area contributed by atoms with Crippen LogP contribution in [0.25, 0.3) is 0 Å². The number of alkyl halides is 3. The zero-order valence-electron chi connectivity index (χ0n) is 12.1. The molecule has 1 heterocycles. The fourth-order valence-corrected chi connectivity index (χ4v) is 2.83. The van der Waals surface area contributed by atoms with Gasteiger partial charge in [-0.3, -0.25) is 0 Å². The lowest BCUT2D eigenvalue weighted by molar-refractivity contribution is -0.137. The normalized spacial score (nSPS) is 12.3. The molecular formula is C14H12BrF3N2O2S. The number of aromatic nitrogens is 1. The van der Waals surface area contributed by atoms with Crippen molar-refractivity contribution >= 4 is 37.3 Å². The first-order valence-electron chi connectivity index (χ1n) is 6.29. The van der Waals surface area contributed by atoms with Gasteiger partial charge in [0, 0.05) is 12.5 Å². The van der Waals surface area contributed by atoms with E-state index in [0.717, 1.165) is 24.0 Å². The van der Waals surface area contributed by atoms with Gasteiger partial charge in [-0.25, -0.2) is 13.4 Å². The number of aryl methyl sites for hydroxylation is 1. The molecule has 4 nitrogen and oxygen atoms in total. The van der Waals surface area contributed by atoms with Gasteiger partial charge in [-0.05, 0) is 52.7 Å². The van der Waals surface area contributed by atoms with Crippen LogP contribution >= 0.6 is 15.9 Å². The fourth-order valence-electron chi connectivity index (χ4n) is 1.85. The molecule has 1 aromatic heterocycles. The maximum Gasteiger partial charge on any atom is 0.418 e. The molecule has 0 aliphatic carbocycles. The van der Waals surface area contributed by atoms with Gasteiger partial charge in [0.05, 0.1) is 20.6 Å². The van der Waals surface area contributed by atoms with Crippen molar-refractivity contribution in [1.82, 2.24) is 4.98 Å². The number of nitrogens with one attached hydrogen (secondary N) is 1. The van der Waals surface area contributed by atoms with Crippen molar-refractivity contribution in [3.05, 3.63) is 46.1 Å². The van der Waals surface area contributed by atoms with Gasteiger partial charge in [0.2, 0.25) is 0 Å². The van der Waals surface area contributed by atoms with Crippen molar-refractivity contribution in [3.8, 4) is 0 Å². The summed E-state index contributed by atoms with van der Waals surface area (Å²) in [6.45, 7) is 1.77. The molecule has 0 spiro atoms. The molecule has 0 radical (unpaired) electrons. The molecule has 1 aromatic carbocycles. The Balaban J connectivity index is 2.56. The average Bonchev–Trinajstić information content (AvgIpc) is 2.42. The summed E-state index contributed by atoms with van der Waals surface area (Å²) in [4.78, 5) is 3.59. The van der Waals surface area contributed by atoms with E-state index in [0.29, 0.717) is 10.5 Å². The first kappa shape index (κ1) is 17.7. The lowest BCUT2D eigenvalue weighted by Gasteiger charge is -2.16. The van der Waals surface area contributed by atoms with Crippen LogP contribution in [0.15, 0.2) is 39.8 Å². The van der Waals surface area contributed by atoms with Crippen molar-refractivity contribution in [3.63, 3.8) is 0 Å². The van der Waals surface area contributed by atoms with Crippen LogP contribution in [0.4, 0.5) is 24.7 Å². The van der Waals surface area contributed by atoms with E-state index in [2.05, 4.69) is 26.2 Å². The molecule has 0 saturated carbocycles. The first-order valence-corrected chi connectivity index (χ1v) is 8.98. The predicted molar refractivity (Wildman–Crippen MR) is 84.5 cm³/mol. The zero-order valence-corrected chi connectivity index (χ0v) is 14.5. The molecule has 9 heteroatoms. The van der Waals surface area contributed by atoms with Crippen LogP contribution in [0, 0.1) is 6.92 Å². The molecule has 23 heavy (non-hydrogen) atoms. The molecule has 0 aliphatic rings. The number of halogens is 4. The van der Waals surface area contributed by atoms with E-state index in [1.165, 1.54) is 6.20 Å². The Labute approximate surface area is 139 Å². The largest absolute Gasteiger partial charge is 0.418 e. The maximum absolute atomic E-state index is 13.2. The molecular weight excluding hydrogens is 397 g/mol. The average molecular weight is 409 g/mol. The Morgan fingerprint density at radius 3 is 2.43 bits per heavy atom. The molecule has 0 saturated heterocycles. The second-order valence-electron chi connectivity index (χ2n) is 4.89. The third-order valence-electron chi connectivity index (χ3n) is 3.06. The number of sulfone groups is 1. The van der Waals surface area contributed by atoms with Gasteiger partial charge in [-0.15, -0.1) is 0 Å². The Kier molecular flexibility index (Phi) is 4.72. The van der Waals surface area contributed by atoms with E-state index < -0.39 is 26.5 Å². The number of hydrogen-bond donors (Lipinski definition) is 1. The topological polar surface area (TPSA) is 59.1 Å². The SMILES string of the molecule is Cc1ccnc(Nc2ccc(S(C)(=O)=O)cc2C(F)(F)F)c1Br. The second kappa shape index (κ2) is 6.12. The highest BCUT2D eigenvalue weighted by molar-refractivity contribution is 9.10. The third-order valence-corrected chi connectivity index (χ3v) is 5.17. The molecule has 0 aliphatic heterocycles. The number of nitrogens with zero attached hydrogens (tertiary/aromatic N) is 1. The second-order valence-corrected chi connectivity index (χ2v) is 7.70. The van der Waals surface area contributed by atoms with E-state index in [-0.39, 0.29) is 11.5 Å². The monoisotopic (exact) mass is 408 g/mol. The van der Waals surface area contributed by atoms with Crippen LogP contribution in [-0.2, 0) is 16.0 Å². The maximum atomic E-state index is 13.2. The number of benzene rings is 1. The van der Waals surface area contributed by atoms with Crippen molar-refractivity contribution in [2.45, 2.75) is 18.0 Å². The van der Waals surface area contributed by atoms with Crippen LogP contribution in [0.5, 0.6) is 0 Å². The summed E-state index contributed by atoms with van der Waals surface area (Å²) in [6.07, 6.45) is -2.39. The summed E-state index contributed by atoms with van der Waals surface area (Å²) in [6, 6.07) is 4.51. The standard InChI is InChI=1S/C14H12BrF3N2O2S/c1-8-5-6-19-13(12(8)15)20-11-4-3-9(23(2,21)22)7-10(11)14(16,17)18/h3-7H,1-2H3,(H,19,20). The molecule has 0 bridgehead atoms. The minimum atomic E-state index is -4.71. The van der Waals surface area contributed by atoms with E-state index >= 15 is 0 Å². The molecule has 2 rings (SSSR count). The van der Waals surface area contributed by atoms with Crippen molar-refractivity contribution in [2.24, 2.45) is 0 Å². The molecule has 0 unspecified atom stereocenters. The Morgan fingerprint density at radius 2 is 1.87 bits per heavy atom. The van der Waals surface area contributed by atoms with Gasteiger partial charge in [0.1, 0.15) is 5.82 Å². The van der Waals surface area contributed by atoms with Crippen molar-refractivity contribution in [2.75, 3.05) is 11.6 Å². The first-order chi connectivity index (χ1) is 10.5. The van der Waals surface area contributed by atoms with Gasteiger partial charge in [-0.1, -0.05) is 0 Å². The van der Waals surface area contributed by atoms with Gasteiger partial charge < -0.3 is 5.32 Å². The van der Waals surface area contributed by atoms with Gasteiger partial charge in [0.25, 0.3) is 0 Å². The van der Waals surface area contributed by atoms with E-state index in [1.54, 1.807) is 13.0 Å². The summed E-state index contributed by atoms with van der Waals surface area (Å²) in [5.74, 6) is 0.211.